The van der Waals surface area contributed by atoms with Gasteiger partial charge in [-0.3, -0.25) is 10.1 Å². The summed E-state index contributed by atoms with van der Waals surface area (Å²) in [5.41, 5.74) is 1.82. The summed E-state index contributed by atoms with van der Waals surface area (Å²) in [6, 6.07) is 0.446. The fourth-order valence-electron chi connectivity index (χ4n) is 2.65. The van der Waals surface area contributed by atoms with Gasteiger partial charge in [-0.05, 0) is 6.92 Å². The molecule has 0 aromatic carbocycles. The molecule has 21 heavy (non-hydrogen) atoms. The maximum Gasteiger partial charge on any atom is 0.245 e. The molecule has 0 spiro atoms. The summed E-state index contributed by atoms with van der Waals surface area (Å²) in [4.78, 5) is 10.9. The molecule has 2 N–H and O–H groups in total. The van der Waals surface area contributed by atoms with Gasteiger partial charge in [0.15, 0.2) is 5.82 Å². The SMILES string of the molecule is C[C@@H]1CN(c2n[nH]c(-c3cnn4ccncc34)n2)CCN1. The first-order valence-electron chi connectivity index (χ1n) is 7.00. The van der Waals surface area contributed by atoms with Crippen LogP contribution in [0.15, 0.2) is 24.8 Å². The number of aromatic nitrogens is 6. The molecule has 0 radical (unpaired) electrons. The lowest BCUT2D eigenvalue weighted by Gasteiger charge is -2.30. The molecular formula is C13H16N8. The lowest BCUT2D eigenvalue weighted by Crippen LogP contribution is -2.49. The van der Waals surface area contributed by atoms with E-state index >= 15 is 0 Å². The lowest BCUT2D eigenvalue weighted by molar-refractivity contribution is 0.480. The van der Waals surface area contributed by atoms with Crippen LogP contribution in [0.5, 0.6) is 0 Å². The maximum atomic E-state index is 4.61. The lowest BCUT2D eigenvalue weighted by atomic mass is 10.2. The maximum absolute atomic E-state index is 4.61. The van der Waals surface area contributed by atoms with Crippen LogP contribution in [0.3, 0.4) is 0 Å². The molecule has 0 amide bonds. The molecule has 0 bridgehead atoms. The van der Waals surface area contributed by atoms with E-state index in [4.69, 9.17) is 0 Å². The number of rotatable bonds is 2. The molecular weight excluding hydrogens is 268 g/mol. The molecule has 0 saturated carbocycles. The van der Waals surface area contributed by atoms with Crippen molar-refractivity contribution >= 4 is 11.5 Å². The largest absolute Gasteiger partial charge is 0.337 e. The van der Waals surface area contributed by atoms with Gasteiger partial charge in [0, 0.05) is 38.1 Å². The smallest absolute Gasteiger partial charge is 0.245 e. The molecule has 4 heterocycles. The zero-order valence-electron chi connectivity index (χ0n) is 11.7. The summed E-state index contributed by atoms with van der Waals surface area (Å²) < 4.78 is 1.78. The van der Waals surface area contributed by atoms with E-state index in [1.165, 1.54) is 0 Å². The van der Waals surface area contributed by atoms with Gasteiger partial charge in [-0.25, -0.2) is 4.52 Å². The van der Waals surface area contributed by atoms with Crippen LogP contribution in [-0.4, -0.2) is 55.5 Å². The van der Waals surface area contributed by atoms with Crippen LogP contribution in [0.4, 0.5) is 5.95 Å². The first-order chi connectivity index (χ1) is 10.3. The van der Waals surface area contributed by atoms with E-state index in [1.54, 1.807) is 23.1 Å². The Balaban J connectivity index is 1.68. The Morgan fingerprint density at radius 2 is 2.29 bits per heavy atom. The second-order valence-electron chi connectivity index (χ2n) is 5.25. The Morgan fingerprint density at radius 3 is 3.19 bits per heavy atom. The second-order valence-corrected chi connectivity index (χ2v) is 5.25. The minimum atomic E-state index is 0.446. The van der Waals surface area contributed by atoms with Crippen LogP contribution in [0.1, 0.15) is 6.92 Å². The van der Waals surface area contributed by atoms with Crippen molar-refractivity contribution in [3.63, 3.8) is 0 Å². The quantitative estimate of drug-likeness (QED) is 0.704. The second kappa shape index (κ2) is 4.81. The minimum Gasteiger partial charge on any atom is -0.337 e. The van der Waals surface area contributed by atoms with Crippen molar-refractivity contribution in [2.24, 2.45) is 0 Å². The third-order valence-corrected chi connectivity index (χ3v) is 3.71. The van der Waals surface area contributed by atoms with Crippen molar-refractivity contribution in [3.05, 3.63) is 24.8 Å². The molecule has 1 fully saturated rings. The summed E-state index contributed by atoms with van der Waals surface area (Å²) in [6.45, 7) is 4.94. The average molecular weight is 284 g/mol. The summed E-state index contributed by atoms with van der Waals surface area (Å²) in [7, 11) is 0. The van der Waals surface area contributed by atoms with Gasteiger partial charge in [0.2, 0.25) is 5.95 Å². The van der Waals surface area contributed by atoms with E-state index in [2.05, 4.69) is 42.4 Å². The van der Waals surface area contributed by atoms with Crippen LogP contribution in [-0.2, 0) is 0 Å². The fourth-order valence-corrected chi connectivity index (χ4v) is 2.65. The van der Waals surface area contributed by atoms with Crippen molar-refractivity contribution in [2.75, 3.05) is 24.5 Å². The molecule has 1 atom stereocenters. The summed E-state index contributed by atoms with van der Waals surface area (Å²) in [6.07, 6.45) is 7.07. The van der Waals surface area contributed by atoms with E-state index in [9.17, 15) is 0 Å². The van der Waals surface area contributed by atoms with Crippen LogP contribution in [0, 0.1) is 0 Å². The highest BCUT2D eigenvalue weighted by Crippen LogP contribution is 2.22. The van der Waals surface area contributed by atoms with Crippen molar-refractivity contribution in [1.82, 2.24) is 35.1 Å². The van der Waals surface area contributed by atoms with Gasteiger partial charge >= 0.3 is 0 Å². The molecule has 4 rings (SSSR count). The fraction of sp³-hybridized carbons (Fsp3) is 0.385. The number of aromatic amines is 1. The van der Waals surface area contributed by atoms with Gasteiger partial charge in [-0.15, -0.1) is 5.10 Å². The van der Waals surface area contributed by atoms with E-state index in [1.807, 2.05) is 6.20 Å². The van der Waals surface area contributed by atoms with E-state index in [-0.39, 0.29) is 0 Å². The molecule has 3 aromatic rings. The number of anilines is 1. The number of hydrogen-bond acceptors (Lipinski definition) is 6. The van der Waals surface area contributed by atoms with Crippen molar-refractivity contribution in [2.45, 2.75) is 13.0 Å². The zero-order chi connectivity index (χ0) is 14.2. The summed E-state index contributed by atoms with van der Waals surface area (Å²) in [5, 5.41) is 15.1. The molecule has 1 aliphatic rings. The van der Waals surface area contributed by atoms with Crippen molar-refractivity contribution < 1.29 is 0 Å². The Hall–Kier alpha value is -2.48. The van der Waals surface area contributed by atoms with Gasteiger partial charge in [0.25, 0.3) is 0 Å². The number of H-pyrrole nitrogens is 1. The van der Waals surface area contributed by atoms with E-state index in [0.717, 1.165) is 42.5 Å². The summed E-state index contributed by atoms with van der Waals surface area (Å²) >= 11 is 0. The minimum absolute atomic E-state index is 0.446. The Morgan fingerprint density at radius 1 is 1.33 bits per heavy atom. The van der Waals surface area contributed by atoms with E-state index < -0.39 is 0 Å². The Labute approximate surface area is 121 Å². The van der Waals surface area contributed by atoms with Gasteiger partial charge in [-0.2, -0.15) is 10.1 Å². The molecule has 0 aliphatic carbocycles. The summed E-state index contributed by atoms with van der Waals surface area (Å²) in [5.74, 6) is 1.46. The number of nitrogens with one attached hydrogen (secondary N) is 2. The topological polar surface area (TPSA) is 87.0 Å². The molecule has 1 aliphatic heterocycles. The zero-order valence-corrected chi connectivity index (χ0v) is 11.7. The Kier molecular flexibility index (Phi) is 2.81. The van der Waals surface area contributed by atoms with Gasteiger partial charge in [0.05, 0.1) is 23.5 Å². The molecule has 0 unspecified atom stereocenters. The molecule has 1 saturated heterocycles. The average Bonchev–Trinajstić information content (AvgIpc) is 3.14. The highest BCUT2D eigenvalue weighted by molar-refractivity contribution is 5.75. The number of hydrogen-bond donors (Lipinski definition) is 2. The molecule has 8 nitrogen and oxygen atoms in total. The molecule has 108 valence electrons. The number of piperazine rings is 1. The highest BCUT2D eigenvalue weighted by Gasteiger charge is 2.20. The van der Waals surface area contributed by atoms with Crippen molar-refractivity contribution in [3.8, 4) is 11.4 Å². The first-order valence-corrected chi connectivity index (χ1v) is 7.00. The monoisotopic (exact) mass is 284 g/mol. The normalized spacial score (nSPS) is 19.3. The van der Waals surface area contributed by atoms with Crippen LogP contribution < -0.4 is 10.2 Å². The predicted octanol–water partition coefficient (Wildman–Crippen LogP) is 0.312. The van der Waals surface area contributed by atoms with Crippen molar-refractivity contribution in [1.29, 1.82) is 0 Å². The van der Waals surface area contributed by atoms with Gasteiger partial charge in [0.1, 0.15) is 0 Å². The first kappa shape index (κ1) is 12.3. The van der Waals surface area contributed by atoms with Gasteiger partial charge in [-0.1, -0.05) is 0 Å². The molecule has 8 heteroatoms. The van der Waals surface area contributed by atoms with E-state index in [0.29, 0.717) is 6.04 Å². The third kappa shape index (κ3) is 2.13. The van der Waals surface area contributed by atoms with Crippen LogP contribution in [0.25, 0.3) is 16.9 Å². The van der Waals surface area contributed by atoms with Gasteiger partial charge < -0.3 is 10.2 Å². The number of nitrogens with zero attached hydrogens (tertiary/aromatic N) is 6. The predicted molar refractivity (Wildman–Crippen MR) is 78.0 cm³/mol. The van der Waals surface area contributed by atoms with Crippen LogP contribution >= 0.6 is 0 Å². The van der Waals surface area contributed by atoms with Crippen LogP contribution in [0.2, 0.25) is 0 Å². The highest BCUT2D eigenvalue weighted by atomic mass is 15.4. The molecule has 3 aromatic heterocycles. The Bertz CT molecular complexity index is 760. The number of fused-ring (bicyclic) bond motifs is 1. The third-order valence-electron chi connectivity index (χ3n) is 3.71. The standard InChI is InChI=1S/C13H16N8/c1-9-8-20(4-3-15-9)13-17-12(18-19-13)10-6-16-21-5-2-14-7-11(10)21/h2,5-7,9,15H,3-4,8H2,1H3,(H,17,18,19)/t9-/m1/s1.